The molecule has 6 heteroatoms. The number of carbonyl (C=O) groups is 1. The Labute approximate surface area is 174 Å². The van der Waals surface area contributed by atoms with Crippen LogP contribution in [-0.2, 0) is 4.79 Å². The Morgan fingerprint density at radius 2 is 1.76 bits per heavy atom. The number of nitrogens with zero attached hydrogens (tertiary/aromatic N) is 3. The Balaban J connectivity index is 1.64. The fourth-order valence-corrected chi connectivity index (χ4v) is 4.85. The molecule has 2 aromatic carbocycles. The normalized spacial score (nSPS) is 14.8. The molecule has 1 saturated carbocycles. The summed E-state index contributed by atoms with van der Waals surface area (Å²) in [5.41, 5.74) is 1.30. The van der Waals surface area contributed by atoms with E-state index in [4.69, 9.17) is 4.98 Å². The van der Waals surface area contributed by atoms with Gasteiger partial charge in [-0.3, -0.25) is 14.2 Å². The van der Waals surface area contributed by atoms with Gasteiger partial charge in [0.05, 0.1) is 22.3 Å². The number of hydrogen-bond donors (Lipinski definition) is 0. The zero-order valence-corrected chi connectivity index (χ0v) is 17.4. The van der Waals surface area contributed by atoms with Crippen molar-refractivity contribution in [3.8, 4) is 5.69 Å². The van der Waals surface area contributed by atoms with Crippen LogP contribution >= 0.6 is 11.8 Å². The van der Waals surface area contributed by atoms with Crippen molar-refractivity contribution in [3.05, 3.63) is 65.0 Å². The quantitative estimate of drug-likeness (QED) is 0.468. The van der Waals surface area contributed by atoms with Crippen molar-refractivity contribution < 1.29 is 4.79 Å². The summed E-state index contributed by atoms with van der Waals surface area (Å²) in [6.07, 6.45) is 5.80. The first kappa shape index (κ1) is 19.7. The number of thioether (sulfide) groups is 1. The second kappa shape index (κ2) is 8.82. The highest BCUT2D eigenvalue weighted by atomic mass is 32.2. The monoisotopic (exact) mass is 407 g/mol. The maximum atomic E-state index is 13.2. The Morgan fingerprint density at radius 1 is 1.07 bits per heavy atom. The van der Waals surface area contributed by atoms with E-state index in [-0.39, 0.29) is 17.2 Å². The summed E-state index contributed by atoms with van der Waals surface area (Å²) >= 11 is 1.33. The zero-order chi connectivity index (χ0) is 20.2. The van der Waals surface area contributed by atoms with Crippen LogP contribution in [0, 0.1) is 0 Å². The molecular weight excluding hydrogens is 382 g/mol. The molecule has 150 valence electrons. The summed E-state index contributed by atoms with van der Waals surface area (Å²) in [7, 11) is 1.90. The lowest BCUT2D eigenvalue weighted by molar-refractivity contribution is -0.129. The minimum Gasteiger partial charge on any atom is -0.342 e. The summed E-state index contributed by atoms with van der Waals surface area (Å²) in [4.78, 5) is 32.6. The second-order valence-corrected chi connectivity index (χ2v) is 8.42. The number of amides is 1. The van der Waals surface area contributed by atoms with Gasteiger partial charge in [0, 0.05) is 13.1 Å². The smallest absolute Gasteiger partial charge is 0.266 e. The summed E-state index contributed by atoms with van der Waals surface area (Å²) in [5.74, 6) is 0.355. The van der Waals surface area contributed by atoms with Crippen LogP contribution < -0.4 is 5.56 Å². The van der Waals surface area contributed by atoms with E-state index in [9.17, 15) is 9.59 Å². The summed E-state index contributed by atoms with van der Waals surface area (Å²) in [6, 6.07) is 17.2. The first-order valence-corrected chi connectivity index (χ1v) is 11.1. The molecule has 0 bridgehead atoms. The third-order valence-corrected chi connectivity index (χ3v) is 6.52. The highest BCUT2D eigenvalue weighted by molar-refractivity contribution is 7.99. The maximum absolute atomic E-state index is 13.2. The number of benzene rings is 2. The van der Waals surface area contributed by atoms with Gasteiger partial charge in [0.25, 0.3) is 5.56 Å². The van der Waals surface area contributed by atoms with Crippen LogP contribution in [0.3, 0.4) is 0 Å². The predicted molar refractivity (Wildman–Crippen MR) is 118 cm³/mol. The number of fused-ring (bicyclic) bond motifs is 1. The lowest BCUT2D eigenvalue weighted by Gasteiger charge is -2.31. The van der Waals surface area contributed by atoms with Gasteiger partial charge in [-0.2, -0.15) is 0 Å². The van der Waals surface area contributed by atoms with E-state index in [1.165, 1.54) is 31.0 Å². The largest absolute Gasteiger partial charge is 0.342 e. The number of para-hydroxylation sites is 2. The molecule has 0 saturated heterocycles. The average Bonchev–Trinajstić information content (AvgIpc) is 2.78. The number of carbonyl (C=O) groups excluding carboxylic acids is 1. The van der Waals surface area contributed by atoms with Gasteiger partial charge in [0.1, 0.15) is 0 Å². The SMILES string of the molecule is CN(C(=O)CSc1nc2ccccc2c(=O)n1-c1ccccc1)C1CCCCC1. The van der Waals surface area contributed by atoms with Crippen LogP contribution in [0.15, 0.2) is 64.5 Å². The van der Waals surface area contributed by atoms with Crippen molar-refractivity contribution in [2.24, 2.45) is 0 Å². The molecule has 0 unspecified atom stereocenters. The summed E-state index contributed by atoms with van der Waals surface area (Å²) < 4.78 is 1.61. The van der Waals surface area contributed by atoms with E-state index in [1.54, 1.807) is 10.6 Å². The molecule has 1 amide bonds. The van der Waals surface area contributed by atoms with Crippen LogP contribution in [0.5, 0.6) is 0 Å². The molecule has 3 aromatic rings. The highest BCUT2D eigenvalue weighted by Crippen LogP contribution is 2.24. The summed E-state index contributed by atoms with van der Waals surface area (Å²) in [5, 5.41) is 1.12. The molecule has 1 aliphatic carbocycles. The first-order chi connectivity index (χ1) is 14.1. The van der Waals surface area contributed by atoms with Gasteiger partial charge < -0.3 is 4.90 Å². The van der Waals surface area contributed by atoms with Gasteiger partial charge >= 0.3 is 0 Å². The van der Waals surface area contributed by atoms with E-state index in [0.717, 1.165) is 18.5 Å². The molecule has 0 N–H and O–H groups in total. The Morgan fingerprint density at radius 3 is 2.52 bits per heavy atom. The molecule has 29 heavy (non-hydrogen) atoms. The minimum absolute atomic E-state index is 0.0870. The molecule has 4 rings (SSSR count). The Bertz CT molecular complexity index is 1060. The number of aromatic nitrogens is 2. The second-order valence-electron chi connectivity index (χ2n) is 7.47. The van der Waals surface area contributed by atoms with Gasteiger partial charge in [0.15, 0.2) is 5.16 Å². The standard InChI is InChI=1S/C23H25N3O2S/c1-25(17-10-4-2-5-11-17)21(27)16-29-23-24-20-15-9-8-14-19(20)22(28)26(23)18-12-6-3-7-13-18/h3,6-9,12-15,17H,2,4-5,10-11,16H2,1H3. The van der Waals surface area contributed by atoms with E-state index < -0.39 is 0 Å². The lowest BCUT2D eigenvalue weighted by atomic mass is 9.94. The van der Waals surface area contributed by atoms with Crippen molar-refractivity contribution in [1.29, 1.82) is 0 Å². The van der Waals surface area contributed by atoms with E-state index >= 15 is 0 Å². The van der Waals surface area contributed by atoms with Crippen LogP contribution in [0.2, 0.25) is 0 Å². The van der Waals surface area contributed by atoms with Crippen molar-refractivity contribution >= 4 is 28.6 Å². The fraction of sp³-hybridized carbons (Fsp3) is 0.348. The molecule has 5 nitrogen and oxygen atoms in total. The molecule has 0 aliphatic heterocycles. The molecule has 1 heterocycles. The topological polar surface area (TPSA) is 55.2 Å². The molecular formula is C23H25N3O2S. The van der Waals surface area contributed by atoms with E-state index in [2.05, 4.69) is 0 Å². The van der Waals surface area contributed by atoms with Gasteiger partial charge in [-0.15, -0.1) is 0 Å². The third-order valence-electron chi connectivity index (χ3n) is 5.60. The molecule has 1 fully saturated rings. The van der Waals surface area contributed by atoms with Crippen molar-refractivity contribution in [2.75, 3.05) is 12.8 Å². The van der Waals surface area contributed by atoms with E-state index in [0.29, 0.717) is 22.1 Å². The Kier molecular flexibility index (Phi) is 6.00. The predicted octanol–water partition coefficient (Wildman–Crippen LogP) is 4.27. The molecule has 0 radical (unpaired) electrons. The molecule has 1 aromatic heterocycles. The summed E-state index contributed by atoms with van der Waals surface area (Å²) in [6.45, 7) is 0. The van der Waals surface area contributed by atoms with E-state index in [1.807, 2.05) is 60.5 Å². The van der Waals surface area contributed by atoms with Gasteiger partial charge in [0.2, 0.25) is 5.91 Å². The fourth-order valence-electron chi connectivity index (χ4n) is 3.91. The van der Waals surface area contributed by atoms with Crippen LogP contribution in [-0.4, -0.2) is 39.2 Å². The van der Waals surface area contributed by atoms with Gasteiger partial charge in [-0.25, -0.2) is 4.98 Å². The minimum atomic E-state index is -0.114. The van der Waals surface area contributed by atoms with Gasteiger partial charge in [-0.05, 0) is 37.1 Å². The average molecular weight is 408 g/mol. The van der Waals surface area contributed by atoms with Crippen molar-refractivity contribution in [2.45, 2.75) is 43.3 Å². The molecule has 0 spiro atoms. The highest BCUT2D eigenvalue weighted by Gasteiger charge is 2.23. The molecule has 1 aliphatic rings. The van der Waals surface area contributed by atoms with Crippen molar-refractivity contribution in [3.63, 3.8) is 0 Å². The van der Waals surface area contributed by atoms with Crippen LogP contribution in [0.4, 0.5) is 0 Å². The first-order valence-electron chi connectivity index (χ1n) is 10.1. The lowest BCUT2D eigenvalue weighted by Crippen LogP contribution is -2.39. The Hall–Kier alpha value is -2.60. The zero-order valence-electron chi connectivity index (χ0n) is 16.6. The van der Waals surface area contributed by atoms with Crippen molar-refractivity contribution in [1.82, 2.24) is 14.5 Å². The maximum Gasteiger partial charge on any atom is 0.266 e. The van der Waals surface area contributed by atoms with Crippen LogP contribution in [0.1, 0.15) is 32.1 Å². The number of rotatable bonds is 5. The van der Waals surface area contributed by atoms with Gasteiger partial charge in [-0.1, -0.05) is 61.4 Å². The molecule has 0 atom stereocenters. The third kappa shape index (κ3) is 4.22. The van der Waals surface area contributed by atoms with Crippen LogP contribution in [0.25, 0.3) is 16.6 Å². The number of hydrogen-bond acceptors (Lipinski definition) is 4.